The molecule has 0 amide bonds. The summed E-state index contributed by atoms with van der Waals surface area (Å²) in [6.45, 7) is 7.39. The number of hydrogen-bond acceptors (Lipinski definition) is 2. The lowest BCUT2D eigenvalue weighted by Crippen LogP contribution is -2.44. The van der Waals surface area contributed by atoms with Gasteiger partial charge in [0.2, 0.25) is 0 Å². The van der Waals surface area contributed by atoms with Gasteiger partial charge in [0.1, 0.15) is 0 Å². The minimum absolute atomic E-state index is 0.475. The second kappa shape index (κ2) is 5.60. The molecule has 0 aromatic carbocycles. The van der Waals surface area contributed by atoms with E-state index in [4.69, 9.17) is 0 Å². The molecule has 2 aliphatic rings. The molecule has 0 aromatic rings. The van der Waals surface area contributed by atoms with Crippen LogP contribution in [0.4, 0.5) is 0 Å². The molecule has 3 heteroatoms. The Labute approximate surface area is 111 Å². The topological polar surface area (TPSA) is 40.5 Å². The van der Waals surface area contributed by atoms with Crippen molar-refractivity contribution in [3.63, 3.8) is 0 Å². The molecule has 3 nitrogen and oxygen atoms in total. The van der Waals surface area contributed by atoms with Gasteiger partial charge < -0.3 is 10.0 Å². The molecule has 0 bridgehead atoms. The van der Waals surface area contributed by atoms with Gasteiger partial charge in [0.15, 0.2) is 0 Å². The molecule has 0 radical (unpaired) electrons. The molecule has 1 N–H and O–H groups in total. The van der Waals surface area contributed by atoms with Crippen molar-refractivity contribution in [3.8, 4) is 0 Å². The fourth-order valence-electron chi connectivity index (χ4n) is 3.32. The Morgan fingerprint density at radius 3 is 2.28 bits per heavy atom. The van der Waals surface area contributed by atoms with Crippen LogP contribution in [0.25, 0.3) is 0 Å². The average Bonchev–Trinajstić information content (AvgIpc) is 2.35. The molecular weight excluding hydrogens is 226 g/mol. The van der Waals surface area contributed by atoms with E-state index in [-0.39, 0.29) is 0 Å². The Hall–Kier alpha value is -0.570. The maximum atomic E-state index is 11.2. The predicted molar refractivity (Wildman–Crippen MR) is 72.5 cm³/mol. The van der Waals surface area contributed by atoms with Crippen LogP contribution in [-0.4, -0.2) is 35.6 Å². The first kappa shape index (κ1) is 13.9. The average molecular weight is 253 g/mol. The summed E-state index contributed by atoms with van der Waals surface area (Å²) >= 11 is 0. The molecule has 0 atom stereocenters. The van der Waals surface area contributed by atoms with Crippen LogP contribution in [0.5, 0.6) is 0 Å². The molecule has 1 aliphatic carbocycles. The van der Waals surface area contributed by atoms with Crippen LogP contribution in [0.3, 0.4) is 0 Å². The molecule has 104 valence electrons. The van der Waals surface area contributed by atoms with Gasteiger partial charge in [-0.25, -0.2) is 0 Å². The zero-order valence-electron chi connectivity index (χ0n) is 11.8. The maximum absolute atomic E-state index is 11.2. The third-order valence-corrected chi connectivity index (χ3v) is 5.13. The van der Waals surface area contributed by atoms with Gasteiger partial charge in [-0.05, 0) is 57.5 Å². The third-order valence-electron chi connectivity index (χ3n) is 5.13. The van der Waals surface area contributed by atoms with Crippen LogP contribution >= 0.6 is 0 Å². The van der Waals surface area contributed by atoms with E-state index in [0.29, 0.717) is 0 Å². The van der Waals surface area contributed by atoms with E-state index >= 15 is 0 Å². The highest BCUT2D eigenvalue weighted by atomic mass is 16.4. The quantitative estimate of drug-likeness (QED) is 0.840. The van der Waals surface area contributed by atoms with Crippen molar-refractivity contribution >= 4 is 5.97 Å². The molecule has 1 saturated heterocycles. The highest BCUT2D eigenvalue weighted by molar-refractivity contribution is 5.74. The highest BCUT2D eigenvalue weighted by Gasteiger charge is 2.37. The van der Waals surface area contributed by atoms with Crippen LogP contribution < -0.4 is 0 Å². The second-order valence-electron chi connectivity index (χ2n) is 6.79. The minimum atomic E-state index is -0.617. The zero-order valence-corrected chi connectivity index (χ0v) is 11.8. The van der Waals surface area contributed by atoms with Crippen LogP contribution in [0.15, 0.2) is 0 Å². The van der Waals surface area contributed by atoms with Crippen molar-refractivity contribution < 1.29 is 9.90 Å². The van der Waals surface area contributed by atoms with Gasteiger partial charge in [-0.3, -0.25) is 4.79 Å². The summed E-state index contributed by atoms with van der Waals surface area (Å²) in [6.07, 6.45) is 7.12. The van der Waals surface area contributed by atoms with Crippen LogP contribution in [0.1, 0.15) is 52.4 Å². The predicted octanol–water partition coefficient (Wildman–Crippen LogP) is 3.00. The summed E-state index contributed by atoms with van der Waals surface area (Å²) in [6, 6.07) is 0. The molecule has 0 spiro atoms. The Bertz CT molecular complexity index is 287. The van der Waals surface area contributed by atoms with Crippen LogP contribution in [0, 0.1) is 17.3 Å². The zero-order chi connectivity index (χ0) is 13.2. The van der Waals surface area contributed by atoms with E-state index in [1.165, 1.54) is 32.2 Å². The summed E-state index contributed by atoms with van der Waals surface area (Å²) in [5, 5.41) is 9.22. The number of aliphatic carboxylic acids is 1. The van der Waals surface area contributed by atoms with Gasteiger partial charge >= 0.3 is 5.97 Å². The molecule has 1 heterocycles. The lowest BCUT2D eigenvalue weighted by Gasteiger charge is -2.39. The fraction of sp³-hybridized carbons (Fsp3) is 0.933. The second-order valence-corrected chi connectivity index (χ2v) is 6.79. The molecule has 0 unspecified atom stereocenters. The van der Waals surface area contributed by atoms with E-state index in [2.05, 4.69) is 11.8 Å². The molecule has 18 heavy (non-hydrogen) atoms. The molecule has 1 saturated carbocycles. The first-order valence-corrected chi connectivity index (χ1v) is 7.45. The van der Waals surface area contributed by atoms with Crippen molar-refractivity contribution in [3.05, 3.63) is 0 Å². The molecule has 2 rings (SSSR count). The van der Waals surface area contributed by atoms with Gasteiger partial charge in [0, 0.05) is 6.54 Å². The van der Waals surface area contributed by atoms with Gasteiger partial charge in [-0.1, -0.05) is 19.8 Å². The van der Waals surface area contributed by atoms with E-state index in [9.17, 15) is 9.90 Å². The number of carbonyl (C=O) groups is 1. The number of hydrogen-bond donors (Lipinski definition) is 1. The van der Waals surface area contributed by atoms with Crippen molar-refractivity contribution in [2.75, 3.05) is 19.6 Å². The summed E-state index contributed by atoms with van der Waals surface area (Å²) in [5.74, 6) is 1.15. The van der Waals surface area contributed by atoms with E-state index in [0.717, 1.165) is 37.8 Å². The van der Waals surface area contributed by atoms with Gasteiger partial charge in [-0.2, -0.15) is 0 Å². The highest BCUT2D eigenvalue weighted by Crippen LogP contribution is 2.33. The Morgan fingerprint density at radius 2 is 1.78 bits per heavy atom. The van der Waals surface area contributed by atoms with Gasteiger partial charge in [0.25, 0.3) is 0 Å². The Kier molecular flexibility index (Phi) is 4.31. The third kappa shape index (κ3) is 3.25. The molecular formula is C15H27NO2. The fourth-order valence-corrected chi connectivity index (χ4v) is 3.32. The number of carboxylic acids is 1. The van der Waals surface area contributed by atoms with Crippen molar-refractivity contribution in [1.82, 2.24) is 4.90 Å². The number of likely N-dealkylation sites (tertiary alicyclic amines) is 1. The smallest absolute Gasteiger partial charge is 0.309 e. The van der Waals surface area contributed by atoms with Gasteiger partial charge in [0.05, 0.1) is 5.41 Å². The van der Waals surface area contributed by atoms with Gasteiger partial charge in [-0.15, -0.1) is 0 Å². The van der Waals surface area contributed by atoms with E-state index in [1.807, 2.05) is 6.92 Å². The van der Waals surface area contributed by atoms with Crippen LogP contribution in [-0.2, 0) is 4.79 Å². The SMILES string of the molecule is CC1CCC(CN2CCC(C)(C(=O)O)CC2)CC1. The Morgan fingerprint density at radius 1 is 1.22 bits per heavy atom. The van der Waals surface area contributed by atoms with Crippen molar-refractivity contribution in [2.24, 2.45) is 17.3 Å². The van der Waals surface area contributed by atoms with Crippen molar-refractivity contribution in [2.45, 2.75) is 52.4 Å². The summed E-state index contributed by atoms with van der Waals surface area (Å²) in [7, 11) is 0. The Balaban J connectivity index is 1.75. The molecule has 1 aliphatic heterocycles. The number of carboxylic acid groups (broad SMARTS) is 1. The largest absolute Gasteiger partial charge is 0.481 e. The normalized spacial score (nSPS) is 33.2. The summed E-state index contributed by atoms with van der Waals surface area (Å²) in [5.41, 5.74) is -0.475. The molecule has 2 fully saturated rings. The number of nitrogens with zero attached hydrogens (tertiary/aromatic N) is 1. The first-order valence-electron chi connectivity index (χ1n) is 7.45. The maximum Gasteiger partial charge on any atom is 0.309 e. The summed E-state index contributed by atoms with van der Waals surface area (Å²) in [4.78, 5) is 13.7. The number of piperidine rings is 1. The van der Waals surface area contributed by atoms with Crippen molar-refractivity contribution in [1.29, 1.82) is 0 Å². The lowest BCUT2D eigenvalue weighted by atomic mass is 9.79. The summed E-state index contributed by atoms with van der Waals surface area (Å²) < 4.78 is 0. The van der Waals surface area contributed by atoms with Crippen LogP contribution in [0.2, 0.25) is 0 Å². The molecule has 0 aromatic heterocycles. The number of rotatable bonds is 3. The van der Waals surface area contributed by atoms with E-state index < -0.39 is 11.4 Å². The van der Waals surface area contributed by atoms with E-state index in [1.54, 1.807) is 0 Å². The standard InChI is InChI=1S/C15H27NO2/c1-12-3-5-13(6-4-12)11-16-9-7-15(2,8-10-16)14(17)18/h12-13H,3-11H2,1-2H3,(H,17,18). The first-order chi connectivity index (χ1) is 8.49. The minimum Gasteiger partial charge on any atom is -0.481 e. The monoisotopic (exact) mass is 253 g/mol. The lowest BCUT2D eigenvalue weighted by molar-refractivity contribution is -0.150.